The highest BCUT2D eigenvalue weighted by molar-refractivity contribution is 5.86. The van der Waals surface area contributed by atoms with Crippen LogP contribution < -0.4 is 0 Å². The van der Waals surface area contributed by atoms with Gasteiger partial charge in [0, 0.05) is 31.9 Å². The first-order valence-electron chi connectivity index (χ1n) is 5.68. The van der Waals surface area contributed by atoms with Gasteiger partial charge in [-0.3, -0.25) is 9.59 Å². The molecule has 0 spiro atoms. The molecule has 0 aliphatic carbocycles. The van der Waals surface area contributed by atoms with E-state index in [4.69, 9.17) is 0 Å². The summed E-state index contributed by atoms with van der Waals surface area (Å²) >= 11 is 0. The zero-order chi connectivity index (χ0) is 12.3. The Morgan fingerprint density at radius 2 is 2.47 bits per heavy atom. The molecule has 1 aromatic heterocycles. The van der Waals surface area contributed by atoms with E-state index in [2.05, 4.69) is 9.72 Å². The maximum atomic E-state index is 11.7. The van der Waals surface area contributed by atoms with Crippen LogP contribution >= 0.6 is 0 Å². The van der Waals surface area contributed by atoms with Crippen molar-refractivity contribution >= 4 is 11.9 Å². The van der Waals surface area contributed by atoms with Crippen molar-refractivity contribution in [3.05, 3.63) is 24.0 Å². The lowest BCUT2D eigenvalue weighted by molar-refractivity contribution is -0.145. The Morgan fingerprint density at radius 3 is 3.12 bits per heavy atom. The van der Waals surface area contributed by atoms with Gasteiger partial charge in [-0.25, -0.2) is 0 Å². The largest absolute Gasteiger partial charge is 0.469 e. The third kappa shape index (κ3) is 2.67. The number of nitrogens with one attached hydrogen (secondary N) is 1. The van der Waals surface area contributed by atoms with E-state index in [1.807, 2.05) is 18.5 Å². The molecule has 1 N–H and O–H groups in total. The zero-order valence-electron chi connectivity index (χ0n) is 9.81. The van der Waals surface area contributed by atoms with Gasteiger partial charge in [0.15, 0.2) is 0 Å². The number of hydrogen-bond acceptors (Lipinski definition) is 3. The van der Waals surface area contributed by atoms with E-state index in [9.17, 15) is 9.59 Å². The van der Waals surface area contributed by atoms with Crippen molar-refractivity contribution in [1.29, 1.82) is 0 Å². The van der Waals surface area contributed by atoms with Gasteiger partial charge in [-0.1, -0.05) is 0 Å². The molecule has 17 heavy (non-hydrogen) atoms. The van der Waals surface area contributed by atoms with Gasteiger partial charge >= 0.3 is 5.97 Å². The predicted octanol–water partition coefficient (Wildman–Crippen LogP) is 0.579. The van der Waals surface area contributed by atoms with Crippen molar-refractivity contribution in [2.45, 2.75) is 12.8 Å². The Kier molecular flexibility index (Phi) is 3.46. The summed E-state index contributed by atoms with van der Waals surface area (Å²) in [5.74, 6) is -0.544. The third-order valence-corrected chi connectivity index (χ3v) is 3.08. The molecular weight excluding hydrogens is 220 g/mol. The Balaban J connectivity index is 1.86. The number of rotatable bonds is 4. The second-order valence-electron chi connectivity index (χ2n) is 4.23. The van der Waals surface area contributed by atoms with E-state index in [0.717, 1.165) is 6.42 Å². The van der Waals surface area contributed by atoms with Gasteiger partial charge < -0.3 is 14.6 Å². The van der Waals surface area contributed by atoms with E-state index < -0.39 is 0 Å². The zero-order valence-corrected chi connectivity index (χ0v) is 9.81. The fraction of sp³-hybridized carbons (Fsp3) is 0.500. The number of likely N-dealkylation sites (tertiary alicyclic amines) is 1. The molecule has 1 aliphatic rings. The summed E-state index contributed by atoms with van der Waals surface area (Å²) in [5.41, 5.74) is 1.17. The second-order valence-corrected chi connectivity index (χ2v) is 4.23. The fourth-order valence-electron chi connectivity index (χ4n) is 2.09. The maximum Gasteiger partial charge on any atom is 0.310 e. The topological polar surface area (TPSA) is 62.4 Å². The average molecular weight is 236 g/mol. The monoisotopic (exact) mass is 236 g/mol. The average Bonchev–Trinajstić information content (AvgIpc) is 2.95. The summed E-state index contributed by atoms with van der Waals surface area (Å²) < 4.78 is 4.66. The molecule has 5 heteroatoms. The Labute approximate surface area is 99.8 Å². The highest BCUT2D eigenvalue weighted by Crippen LogP contribution is 2.19. The summed E-state index contributed by atoms with van der Waals surface area (Å²) in [5, 5.41) is 0. The van der Waals surface area contributed by atoms with Crippen LogP contribution in [0.15, 0.2) is 18.5 Å². The van der Waals surface area contributed by atoms with Crippen LogP contribution in [0.4, 0.5) is 0 Å². The Bertz CT molecular complexity index is 400. The molecule has 0 saturated carbocycles. The van der Waals surface area contributed by atoms with Gasteiger partial charge in [0.2, 0.25) is 5.91 Å². The van der Waals surface area contributed by atoms with Gasteiger partial charge in [-0.05, 0) is 18.1 Å². The van der Waals surface area contributed by atoms with Gasteiger partial charge in [-0.15, -0.1) is 0 Å². The number of carbonyl (C=O) groups excluding carboxylic acids is 2. The van der Waals surface area contributed by atoms with Crippen molar-refractivity contribution in [3.8, 4) is 0 Å². The maximum absolute atomic E-state index is 11.7. The minimum Gasteiger partial charge on any atom is -0.469 e. The van der Waals surface area contributed by atoms with Crippen LogP contribution in [0.1, 0.15) is 12.0 Å². The molecular formula is C12H16N2O3. The molecule has 2 heterocycles. The van der Waals surface area contributed by atoms with Crippen molar-refractivity contribution < 1.29 is 14.3 Å². The molecule has 0 aromatic carbocycles. The lowest BCUT2D eigenvalue weighted by Crippen LogP contribution is -2.28. The SMILES string of the molecule is COC(=O)C1CC(=O)N(CCc2cc[nH]c2)C1. The molecule has 1 aromatic rings. The molecule has 5 nitrogen and oxygen atoms in total. The molecule has 0 radical (unpaired) electrons. The normalized spacial score (nSPS) is 19.7. The molecule has 1 amide bonds. The molecule has 1 aliphatic heterocycles. The number of amides is 1. The number of nitrogens with zero attached hydrogens (tertiary/aromatic N) is 1. The number of aromatic nitrogens is 1. The predicted molar refractivity (Wildman–Crippen MR) is 61.2 cm³/mol. The lowest BCUT2D eigenvalue weighted by Gasteiger charge is -2.15. The Morgan fingerprint density at radius 1 is 1.65 bits per heavy atom. The van der Waals surface area contributed by atoms with E-state index in [-0.39, 0.29) is 24.2 Å². The smallest absolute Gasteiger partial charge is 0.310 e. The van der Waals surface area contributed by atoms with Crippen LogP contribution in [-0.4, -0.2) is 42.0 Å². The first kappa shape index (κ1) is 11.7. The first-order chi connectivity index (χ1) is 8.20. The van der Waals surface area contributed by atoms with Gasteiger partial charge in [0.1, 0.15) is 0 Å². The van der Waals surface area contributed by atoms with Gasteiger partial charge in [-0.2, -0.15) is 0 Å². The van der Waals surface area contributed by atoms with Crippen LogP contribution in [-0.2, 0) is 20.7 Å². The number of methoxy groups -OCH3 is 1. The summed E-state index contributed by atoms with van der Waals surface area (Å²) in [6.45, 7) is 1.14. The number of H-pyrrole nitrogens is 1. The molecule has 1 fully saturated rings. The number of esters is 1. The highest BCUT2D eigenvalue weighted by atomic mass is 16.5. The van der Waals surface area contributed by atoms with Crippen molar-refractivity contribution in [2.75, 3.05) is 20.2 Å². The van der Waals surface area contributed by atoms with Crippen LogP contribution in [0, 0.1) is 5.92 Å². The molecule has 0 bridgehead atoms. The van der Waals surface area contributed by atoms with E-state index in [1.165, 1.54) is 12.7 Å². The molecule has 92 valence electrons. The van der Waals surface area contributed by atoms with Crippen molar-refractivity contribution in [2.24, 2.45) is 5.92 Å². The van der Waals surface area contributed by atoms with E-state index in [0.29, 0.717) is 13.1 Å². The standard InChI is InChI=1S/C12H16N2O3/c1-17-12(16)10-6-11(15)14(8-10)5-3-9-2-4-13-7-9/h2,4,7,10,13H,3,5-6,8H2,1H3. The first-order valence-corrected chi connectivity index (χ1v) is 5.68. The summed E-state index contributed by atoms with van der Waals surface area (Å²) in [4.78, 5) is 27.7. The molecule has 2 rings (SSSR count). The van der Waals surface area contributed by atoms with Crippen LogP contribution in [0.2, 0.25) is 0 Å². The number of ether oxygens (including phenoxy) is 1. The number of hydrogen-bond donors (Lipinski definition) is 1. The lowest BCUT2D eigenvalue weighted by atomic mass is 10.1. The van der Waals surface area contributed by atoms with Crippen LogP contribution in [0.3, 0.4) is 0 Å². The van der Waals surface area contributed by atoms with Crippen molar-refractivity contribution in [3.63, 3.8) is 0 Å². The second kappa shape index (κ2) is 5.03. The molecule has 1 atom stereocenters. The minimum atomic E-state index is -0.293. The minimum absolute atomic E-state index is 0.0379. The number of carbonyl (C=O) groups is 2. The number of aromatic amines is 1. The van der Waals surface area contributed by atoms with Gasteiger partial charge in [0.05, 0.1) is 13.0 Å². The summed E-state index contributed by atoms with van der Waals surface area (Å²) in [7, 11) is 1.36. The van der Waals surface area contributed by atoms with Crippen LogP contribution in [0.5, 0.6) is 0 Å². The summed E-state index contributed by atoms with van der Waals surface area (Å²) in [6, 6.07) is 1.98. The van der Waals surface area contributed by atoms with E-state index in [1.54, 1.807) is 4.90 Å². The molecule has 1 saturated heterocycles. The van der Waals surface area contributed by atoms with Crippen molar-refractivity contribution in [1.82, 2.24) is 9.88 Å². The van der Waals surface area contributed by atoms with Gasteiger partial charge in [0.25, 0.3) is 0 Å². The third-order valence-electron chi connectivity index (χ3n) is 3.08. The van der Waals surface area contributed by atoms with E-state index >= 15 is 0 Å². The Hall–Kier alpha value is -1.78. The summed E-state index contributed by atoms with van der Waals surface area (Å²) in [6.07, 6.45) is 4.86. The highest BCUT2D eigenvalue weighted by Gasteiger charge is 2.34. The molecule has 1 unspecified atom stereocenters. The quantitative estimate of drug-likeness (QED) is 0.778. The fourth-order valence-corrected chi connectivity index (χ4v) is 2.09. The van der Waals surface area contributed by atoms with Crippen LogP contribution in [0.25, 0.3) is 0 Å².